The van der Waals surface area contributed by atoms with Gasteiger partial charge in [0.15, 0.2) is 0 Å². The highest BCUT2D eigenvalue weighted by molar-refractivity contribution is 5.67. The van der Waals surface area contributed by atoms with Crippen LogP contribution >= 0.6 is 0 Å². The van der Waals surface area contributed by atoms with E-state index in [0.717, 1.165) is 17.7 Å². The summed E-state index contributed by atoms with van der Waals surface area (Å²) < 4.78 is 0. The molecule has 0 bridgehead atoms. The first-order valence-electron chi connectivity index (χ1n) is 6.78. The number of rotatable bonds is 2. The molecule has 1 aliphatic heterocycles. The molecule has 0 aromatic heterocycles. The average molecular weight is 253 g/mol. The molecule has 3 rings (SSSR count). The molecule has 0 spiro atoms. The van der Waals surface area contributed by atoms with Crippen molar-refractivity contribution in [3.63, 3.8) is 0 Å². The second-order valence-electron chi connectivity index (χ2n) is 5.35. The van der Waals surface area contributed by atoms with Crippen LogP contribution in [0.3, 0.4) is 0 Å². The Balaban J connectivity index is 2.08. The van der Waals surface area contributed by atoms with Crippen LogP contribution in [0.2, 0.25) is 0 Å². The van der Waals surface area contributed by atoms with Crippen LogP contribution in [-0.2, 0) is 0 Å². The first-order chi connectivity index (χ1) is 9.20. The number of aliphatic hydroxyl groups excluding tert-OH is 1. The van der Waals surface area contributed by atoms with Gasteiger partial charge < -0.3 is 10.4 Å². The molecule has 1 aromatic carbocycles. The summed E-state index contributed by atoms with van der Waals surface area (Å²) in [6, 6.07) is 6.32. The van der Waals surface area contributed by atoms with E-state index in [1.165, 1.54) is 12.0 Å². The van der Waals surface area contributed by atoms with Crippen LogP contribution < -0.4 is 5.32 Å². The van der Waals surface area contributed by atoms with Crippen LogP contribution in [0.1, 0.15) is 29.9 Å². The lowest BCUT2D eigenvalue weighted by molar-refractivity contribution is 0.394. The van der Waals surface area contributed by atoms with Crippen molar-refractivity contribution in [3.05, 3.63) is 60.7 Å². The zero-order valence-electron chi connectivity index (χ0n) is 11.0. The lowest BCUT2D eigenvalue weighted by Crippen LogP contribution is -2.37. The van der Waals surface area contributed by atoms with Crippen molar-refractivity contribution in [2.75, 3.05) is 5.32 Å². The molecule has 3 atom stereocenters. The number of allylic oxidation sites excluding steroid dienone is 2. The topological polar surface area (TPSA) is 32.3 Å². The van der Waals surface area contributed by atoms with Crippen molar-refractivity contribution in [3.8, 4) is 0 Å². The highest BCUT2D eigenvalue weighted by Gasteiger charge is 2.34. The Labute approximate surface area is 114 Å². The van der Waals surface area contributed by atoms with E-state index in [-0.39, 0.29) is 5.76 Å². The molecule has 0 radical (unpaired) electrons. The number of aliphatic hydroxyl groups is 1. The van der Waals surface area contributed by atoms with Crippen LogP contribution in [0.15, 0.2) is 49.6 Å². The van der Waals surface area contributed by atoms with E-state index in [1.807, 2.05) is 18.2 Å². The minimum absolute atomic E-state index is 0.112. The summed E-state index contributed by atoms with van der Waals surface area (Å²) in [5.74, 6) is 1.15. The van der Waals surface area contributed by atoms with Crippen molar-refractivity contribution in [1.82, 2.24) is 0 Å². The van der Waals surface area contributed by atoms with E-state index in [2.05, 4.69) is 36.7 Å². The molecule has 2 nitrogen and oxygen atoms in total. The normalized spacial score (nSPS) is 27.9. The quantitative estimate of drug-likeness (QED) is 0.610. The first kappa shape index (κ1) is 12.1. The molecule has 0 saturated heterocycles. The highest BCUT2D eigenvalue weighted by Crippen LogP contribution is 2.44. The Kier molecular flexibility index (Phi) is 2.94. The summed E-state index contributed by atoms with van der Waals surface area (Å²) in [6.45, 7) is 7.54. The fraction of sp³-hybridized carbons (Fsp3) is 0.294. The predicted octanol–water partition coefficient (Wildman–Crippen LogP) is 4.25. The number of benzene rings is 1. The molecule has 1 heterocycles. The molecule has 1 aliphatic carbocycles. The van der Waals surface area contributed by atoms with E-state index in [4.69, 9.17) is 0 Å². The molecular weight excluding hydrogens is 234 g/mol. The van der Waals surface area contributed by atoms with Gasteiger partial charge in [-0.05, 0) is 30.4 Å². The number of anilines is 1. The van der Waals surface area contributed by atoms with Gasteiger partial charge in [0, 0.05) is 23.2 Å². The lowest BCUT2D eigenvalue weighted by atomic mass is 9.72. The summed E-state index contributed by atoms with van der Waals surface area (Å²) in [6.07, 6.45) is 8.93. The molecule has 98 valence electrons. The molecule has 2 aliphatic rings. The van der Waals surface area contributed by atoms with Crippen LogP contribution in [0, 0.1) is 5.92 Å². The van der Waals surface area contributed by atoms with Gasteiger partial charge in [0.1, 0.15) is 5.76 Å². The molecule has 0 amide bonds. The van der Waals surface area contributed by atoms with Gasteiger partial charge in [0.25, 0.3) is 0 Å². The number of hydrogen-bond donors (Lipinski definition) is 2. The Morgan fingerprint density at radius 3 is 3.00 bits per heavy atom. The van der Waals surface area contributed by atoms with Gasteiger partial charge in [-0.25, -0.2) is 0 Å². The molecule has 1 aromatic rings. The van der Waals surface area contributed by atoms with Gasteiger partial charge >= 0.3 is 0 Å². The van der Waals surface area contributed by atoms with E-state index >= 15 is 0 Å². The summed E-state index contributed by atoms with van der Waals surface area (Å²) in [7, 11) is 0. The van der Waals surface area contributed by atoms with Crippen LogP contribution in [0.25, 0.3) is 5.76 Å². The SMILES string of the molecule is C=CC1Nc2cc(C(=C)O)ccc2C2C=CCCC12. The van der Waals surface area contributed by atoms with Gasteiger partial charge in [-0.1, -0.05) is 36.9 Å². The number of fused-ring (bicyclic) bond motifs is 3. The van der Waals surface area contributed by atoms with E-state index in [9.17, 15) is 5.11 Å². The van der Waals surface area contributed by atoms with Crippen molar-refractivity contribution in [2.24, 2.45) is 5.92 Å². The molecule has 0 fully saturated rings. The second-order valence-corrected chi connectivity index (χ2v) is 5.35. The maximum atomic E-state index is 9.52. The minimum atomic E-state index is 0.112. The Morgan fingerprint density at radius 2 is 2.26 bits per heavy atom. The molecular formula is C17H19NO. The van der Waals surface area contributed by atoms with Gasteiger partial charge in [0.05, 0.1) is 0 Å². The third-order valence-corrected chi connectivity index (χ3v) is 4.25. The van der Waals surface area contributed by atoms with Crippen molar-refractivity contribution in [1.29, 1.82) is 0 Å². The van der Waals surface area contributed by atoms with Crippen molar-refractivity contribution >= 4 is 11.4 Å². The smallest absolute Gasteiger partial charge is 0.115 e. The molecule has 2 heteroatoms. The van der Waals surface area contributed by atoms with Gasteiger partial charge in [0.2, 0.25) is 0 Å². The van der Waals surface area contributed by atoms with Crippen molar-refractivity contribution < 1.29 is 5.11 Å². The minimum Gasteiger partial charge on any atom is -0.508 e. The number of nitrogens with one attached hydrogen (secondary N) is 1. The maximum Gasteiger partial charge on any atom is 0.115 e. The zero-order chi connectivity index (χ0) is 13.4. The Morgan fingerprint density at radius 1 is 1.42 bits per heavy atom. The Hall–Kier alpha value is -1.96. The molecule has 3 unspecified atom stereocenters. The largest absolute Gasteiger partial charge is 0.508 e. The van der Waals surface area contributed by atoms with Crippen molar-refractivity contribution in [2.45, 2.75) is 24.8 Å². The standard InChI is InChI=1S/C17H19NO/c1-3-16-14-7-5-4-6-13(14)15-9-8-12(11(2)19)10-17(15)18-16/h3-4,6,8-10,13-14,16,18-19H,1-2,5,7H2. The summed E-state index contributed by atoms with van der Waals surface area (Å²) in [5.41, 5.74) is 3.17. The zero-order valence-corrected chi connectivity index (χ0v) is 11.0. The third kappa shape index (κ3) is 1.97. The summed E-state index contributed by atoms with van der Waals surface area (Å²) >= 11 is 0. The van der Waals surface area contributed by atoms with E-state index < -0.39 is 0 Å². The fourth-order valence-corrected chi connectivity index (χ4v) is 3.26. The van der Waals surface area contributed by atoms with Crippen LogP contribution in [0.4, 0.5) is 5.69 Å². The maximum absolute atomic E-state index is 9.52. The fourth-order valence-electron chi connectivity index (χ4n) is 3.26. The predicted molar refractivity (Wildman–Crippen MR) is 80.3 cm³/mol. The molecule has 19 heavy (non-hydrogen) atoms. The van der Waals surface area contributed by atoms with Crippen LogP contribution in [0.5, 0.6) is 0 Å². The van der Waals surface area contributed by atoms with Gasteiger partial charge in [-0.3, -0.25) is 0 Å². The van der Waals surface area contributed by atoms with Crippen LogP contribution in [-0.4, -0.2) is 11.1 Å². The monoisotopic (exact) mass is 253 g/mol. The molecule has 2 N–H and O–H groups in total. The molecule has 0 saturated carbocycles. The average Bonchev–Trinajstić information content (AvgIpc) is 2.45. The van der Waals surface area contributed by atoms with E-state index in [1.54, 1.807) is 0 Å². The lowest BCUT2D eigenvalue weighted by Gasteiger charge is -2.40. The number of hydrogen-bond acceptors (Lipinski definition) is 2. The third-order valence-electron chi connectivity index (χ3n) is 4.25. The first-order valence-corrected chi connectivity index (χ1v) is 6.78. The Bertz CT molecular complexity index is 558. The van der Waals surface area contributed by atoms with Gasteiger partial charge in [-0.15, -0.1) is 6.58 Å². The second kappa shape index (κ2) is 4.61. The van der Waals surface area contributed by atoms with Gasteiger partial charge in [-0.2, -0.15) is 0 Å². The summed E-state index contributed by atoms with van der Waals surface area (Å²) in [4.78, 5) is 0. The summed E-state index contributed by atoms with van der Waals surface area (Å²) in [5, 5.41) is 13.1. The van der Waals surface area contributed by atoms with E-state index in [0.29, 0.717) is 17.9 Å². The highest BCUT2D eigenvalue weighted by atomic mass is 16.3.